The van der Waals surface area contributed by atoms with Crippen molar-refractivity contribution in [3.63, 3.8) is 0 Å². The van der Waals surface area contributed by atoms with E-state index in [4.69, 9.17) is 14.6 Å². The van der Waals surface area contributed by atoms with Crippen molar-refractivity contribution >= 4 is 5.97 Å². The summed E-state index contributed by atoms with van der Waals surface area (Å²) in [5, 5.41) is 8.73. The number of carboxylic acids is 1. The van der Waals surface area contributed by atoms with Crippen LogP contribution in [0, 0.1) is 0 Å². The highest BCUT2D eigenvalue weighted by molar-refractivity contribution is 5.86. The molecule has 1 aliphatic heterocycles. The van der Waals surface area contributed by atoms with Gasteiger partial charge < -0.3 is 14.6 Å². The van der Waals surface area contributed by atoms with Gasteiger partial charge in [-0.1, -0.05) is 12.6 Å². The van der Waals surface area contributed by atoms with Gasteiger partial charge in [0.15, 0.2) is 11.5 Å². The van der Waals surface area contributed by atoms with Gasteiger partial charge in [-0.15, -0.1) is 0 Å². The van der Waals surface area contributed by atoms with E-state index < -0.39 is 5.97 Å². The predicted octanol–water partition coefficient (Wildman–Crippen LogP) is 1.64. The van der Waals surface area contributed by atoms with Crippen LogP contribution in [0.2, 0.25) is 0 Å². The van der Waals surface area contributed by atoms with E-state index in [1.807, 2.05) is 6.07 Å². The molecule has 0 bridgehead atoms. The molecule has 1 aromatic carbocycles. The van der Waals surface area contributed by atoms with E-state index in [2.05, 4.69) is 6.58 Å². The lowest BCUT2D eigenvalue weighted by molar-refractivity contribution is -0.132. The molecule has 84 valence electrons. The van der Waals surface area contributed by atoms with Crippen molar-refractivity contribution in [2.45, 2.75) is 6.42 Å². The summed E-state index contributed by atoms with van der Waals surface area (Å²) in [7, 11) is 0. The number of hydrogen-bond acceptors (Lipinski definition) is 3. The Morgan fingerprint density at radius 3 is 2.69 bits per heavy atom. The van der Waals surface area contributed by atoms with E-state index in [9.17, 15) is 4.79 Å². The summed E-state index contributed by atoms with van der Waals surface area (Å²) in [4.78, 5) is 10.6. The van der Waals surface area contributed by atoms with E-state index in [0.29, 0.717) is 31.1 Å². The third-order valence-corrected chi connectivity index (χ3v) is 2.33. The summed E-state index contributed by atoms with van der Waals surface area (Å²) >= 11 is 0. The van der Waals surface area contributed by atoms with Gasteiger partial charge >= 0.3 is 5.97 Å². The molecule has 0 aromatic heterocycles. The maximum Gasteiger partial charge on any atom is 0.331 e. The first kappa shape index (κ1) is 10.5. The SMILES string of the molecule is C=C(Cc1ccc2c(c1)OCCO2)C(=O)O. The molecule has 2 rings (SSSR count). The van der Waals surface area contributed by atoms with Gasteiger partial charge in [0.05, 0.1) is 0 Å². The van der Waals surface area contributed by atoms with Crippen molar-refractivity contribution in [2.24, 2.45) is 0 Å². The molecule has 4 nitrogen and oxygen atoms in total. The minimum Gasteiger partial charge on any atom is -0.486 e. The maximum absolute atomic E-state index is 10.6. The Hall–Kier alpha value is -1.97. The van der Waals surface area contributed by atoms with E-state index in [-0.39, 0.29) is 5.57 Å². The standard InChI is InChI=1S/C12H12O4/c1-8(12(13)14)6-9-2-3-10-11(7-9)16-5-4-15-10/h2-3,7H,1,4-6H2,(H,13,14). The zero-order chi connectivity index (χ0) is 11.5. The molecule has 1 aromatic rings. The first-order chi connectivity index (χ1) is 7.66. The lowest BCUT2D eigenvalue weighted by atomic mass is 10.1. The van der Waals surface area contributed by atoms with Gasteiger partial charge in [0.2, 0.25) is 0 Å². The maximum atomic E-state index is 10.6. The molecule has 0 unspecified atom stereocenters. The molecule has 0 saturated heterocycles. The molecule has 0 saturated carbocycles. The lowest BCUT2D eigenvalue weighted by Gasteiger charge is -2.18. The first-order valence-electron chi connectivity index (χ1n) is 4.96. The van der Waals surface area contributed by atoms with Gasteiger partial charge in [-0.25, -0.2) is 4.79 Å². The molecule has 4 heteroatoms. The highest BCUT2D eigenvalue weighted by Crippen LogP contribution is 2.31. The molecular formula is C12H12O4. The number of hydrogen-bond donors (Lipinski definition) is 1. The van der Waals surface area contributed by atoms with Crippen LogP contribution in [0.15, 0.2) is 30.4 Å². The van der Waals surface area contributed by atoms with Crippen LogP contribution in [-0.2, 0) is 11.2 Å². The van der Waals surface area contributed by atoms with E-state index in [0.717, 1.165) is 5.56 Å². The average molecular weight is 220 g/mol. The largest absolute Gasteiger partial charge is 0.486 e. The molecule has 0 fully saturated rings. The number of rotatable bonds is 3. The Labute approximate surface area is 93.1 Å². The van der Waals surface area contributed by atoms with Gasteiger partial charge in [-0.05, 0) is 17.7 Å². The fraction of sp³-hybridized carbons (Fsp3) is 0.250. The van der Waals surface area contributed by atoms with Crippen molar-refractivity contribution in [2.75, 3.05) is 13.2 Å². The van der Waals surface area contributed by atoms with E-state index >= 15 is 0 Å². The number of carbonyl (C=O) groups is 1. The van der Waals surface area contributed by atoms with Gasteiger partial charge in [0, 0.05) is 12.0 Å². The highest BCUT2D eigenvalue weighted by atomic mass is 16.6. The fourth-order valence-corrected chi connectivity index (χ4v) is 1.52. The van der Waals surface area contributed by atoms with Crippen molar-refractivity contribution in [1.29, 1.82) is 0 Å². The number of carboxylic acid groups (broad SMARTS) is 1. The molecule has 1 aliphatic rings. The van der Waals surface area contributed by atoms with Crippen molar-refractivity contribution in [3.05, 3.63) is 35.9 Å². The molecule has 1 heterocycles. The second-order valence-electron chi connectivity index (χ2n) is 3.56. The van der Waals surface area contributed by atoms with Crippen LogP contribution < -0.4 is 9.47 Å². The number of ether oxygens (including phenoxy) is 2. The Bertz CT molecular complexity index is 437. The highest BCUT2D eigenvalue weighted by Gasteiger charge is 2.13. The van der Waals surface area contributed by atoms with Gasteiger partial charge in [-0.3, -0.25) is 0 Å². The van der Waals surface area contributed by atoms with Crippen molar-refractivity contribution in [3.8, 4) is 11.5 Å². The second-order valence-corrected chi connectivity index (χ2v) is 3.56. The van der Waals surface area contributed by atoms with Crippen LogP contribution in [0.5, 0.6) is 11.5 Å². The Morgan fingerprint density at radius 2 is 2.00 bits per heavy atom. The van der Waals surface area contributed by atoms with Crippen LogP contribution in [0.4, 0.5) is 0 Å². The molecule has 0 amide bonds. The minimum atomic E-state index is -0.977. The van der Waals surface area contributed by atoms with Gasteiger partial charge in [0.1, 0.15) is 13.2 Å². The van der Waals surface area contributed by atoms with Crippen LogP contribution in [-0.4, -0.2) is 24.3 Å². The normalized spacial score (nSPS) is 13.2. The number of fused-ring (bicyclic) bond motifs is 1. The molecular weight excluding hydrogens is 208 g/mol. The zero-order valence-corrected chi connectivity index (χ0v) is 8.73. The van der Waals surface area contributed by atoms with Crippen LogP contribution in [0.1, 0.15) is 5.56 Å². The van der Waals surface area contributed by atoms with E-state index in [1.165, 1.54) is 0 Å². The summed E-state index contributed by atoms with van der Waals surface area (Å²) in [5.41, 5.74) is 1.02. The summed E-state index contributed by atoms with van der Waals surface area (Å²) < 4.78 is 10.8. The number of benzene rings is 1. The third kappa shape index (κ3) is 2.16. The topological polar surface area (TPSA) is 55.8 Å². The molecule has 0 aliphatic carbocycles. The van der Waals surface area contributed by atoms with Crippen LogP contribution >= 0.6 is 0 Å². The molecule has 16 heavy (non-hydrogen) atoms. The van der Waals surface area contributed by atoms with Gasteiger partial charge in [0.25, 0.3) is 0 Å². The molecule has 0 atom stereocenters. The monoisotopic (exact) mass is 220 g/mol. The average Bonchev–Trinajstić information content (AvgIpc) is 2.28. The third-order valence-electron chi connectivity index (χ3n) is 2.33. The summed E-state index contributed by atoms with van der Waals surface area (Å²) in [6.07, 6.45) is 0.311. The summed E-state index contributed by atoms with van der Waals surface area (Å²) in [6, 6.07) is 5.41. The zero-order valence-electron chi connectivity index (χ0n) is 8.73. The fourth-order valence-electron chi connectivity index (χ4n) is 1.52. The van der Waals surface area contributed by atoms with E-state index in [1.54, 1.807) is 12.1 Å². The first-order valence-corrected chi connectivity index (χ1v) is 4.96. The number of aliphatic carboxylic acids is 1. The van der Waals surface area contributed by atoms with Crippen LogP contribution in [0.25, 0.3) is 0 Å². The molecule has 1 N–H and O–H groups in total. The smallest absolute Gasteiger partial charge is 0.331 e. The summed E-state index contributed by atoms with van der Waals surface area (Å²) in [5.74, 6) is 0.396. The minimum absolute atomic E-state index is 0.164. The molecule has 0 spiro atoms. The van der Waals surface area contributed by atoms with Crippen molar-refractivity contribution in [1.82, 2.24) is 0 Å². The summed E-state index contributed by atoms with van der Waals surface area (Å²) in [6.45, 7) is 4.56. The Morgan fingerprint density at radius 1 is 1.31 bits per heavy atom. The molecule has 0 radical (unpaired) electrons. The Kier molecular flexibility index (Phi) is 2.81. The van der Waals surface area contributed by atoms with Gasteiger partial charge in [-0.2, -0.15) is 0 Å². The lowest BCUT2D eigenvalue weighted by Crippen LogP contribution is -2.15. The Balaban J connectivity index is 2.17. The second kappa shape index (κ2) is 4.26. The van der Waals surface area contributed by atoms with Crippen molar-refractivity contribution < 1.29 is 19.4 Å². The predicted molar refractivity (Wildman–Crippen MR) is 57.9 cm³/mol. The quantitative estimate of drug-likeness (QED) is 0.787. The van der Waals surface area contributed by atoms with Crippen LogP contribution in [0.3, 0.4) is 0 Å².